The predicted molar refractivity (Wildman–Crippen MR) is 108 cm³/mol. The first-order valence-electron chi connectivity index (χ1n) is 9.20. The number of benzene rings is 2. The van der Waals surface area contributed by atoms with Crippen LogP contribution in [-0.2, 0) is 4.79 Å². The molecule has 1 fully saturated rings. The SMILES string of the molecule is CCOc1ccc(NC(=O)C(C#N)=Cc2ccc(N3CCCC3)cc2)cc1. The van der Waals surface area contributed by atoms with Crippen LogP contribution in [0.2, 0.25) is 0 Å². The molecule has 2 aromatic carbocycles. The molecule has 5 nitrogen and oxygen atoms in total. The number of nitrogens with one attached hydrogen (secondary N) is 1. The third kappa shape index (κ3) is 4.89. The summed E-state index contributed by atoms with van der Waals surface area (Å²) in [5, 5.41) is 12.1. The van der Waals surface area contributed by atoms with Gasteiger partial charge in [-0.3, -0.25) is 4.79 Å². The van der Waals surface area contributed by atoms with Crippen molar-refractivity contribution in [3.8, 4) is 11.8 Å². The fourth-order valence-corrected chi connectivity index (χ4v) is 3.07. The number of nitrogens with zero attached hydrogens (tertiary/aromatic N) is 2. The molecule has 0 unspecified atom stereocenters. The van der Waals surface area contributed by atoms with Crippen LogP contribution < -0.4 is 15.0 Å². The van der Waals surface area contributed by atoms with Gasteiger partial charge in [0.05, 0.1) is 6.61 Å². The molecule has 0 bridgehead atoms. The largest absolute Gasteiger partial charge is 0.494 e. The van der Waals surface area contributed by atoms with Crippen molar-refractivity contribution in [2.75, 3.05) is 29.9 Å². The number of carbonyl (C=O) groups is 1. The van der Waals surface area contributed by atoms with Crippen molar-refractivity contribution in [1.82, 2.24) is 0 Å². The smallest absolute Gasteiger partial charge is 0.266 e. The van der Waals surface area contributed by atoms with Gasteiger partial charge in [0, 0.05) is 24.5 Å². The molecule has 0 atom stereocenters. The lowest BCUT2D eigenvalue weighted by Gasteiger charge is -2.17. The van der Waals surface area contributed by atoms with Crippen molar-refractivity contribution in [1.29, 1.82) is 5.26 Å². The van der Waals surface area contributed by atoms with Gasteiger partial charge >= 0.3 is 0 Å². The van der Waals surface area contributed by atoms with Gasteiger partial charge in [0.25, 0.3) is 5.91 Å². The molecule has 0 aliphatic carbocycles. The van der Waals surface area contributed by atoms with Gasteiger partial charge < -0.3 is 15.0 Å². The van der Waals surface area contributed by atoms with Crippen LogP contribution in [0, 0.1) is 11.3 Å². The second-order valence-electron chi connectivity index (χ2n) is 6.37. The van der Waals surface area contributed by atoms with Gasteiger partial charge in [-0.2, -0.15) is 5.26 Å². The van der Waals surface area contributed by atoms with E-state index in [9.17, 15) is 10.1 Å². The molecule has 0 radical (unpaired) electrons. The number of hydrogen-bond donors (Lipinski definition) is 1. The van der Waals surface area contributed by atoms with Gasteiger partial charge in [-0.25, -0.2) is 0 Å². The number of anilines is 2. The highest BCUT2D eigenvalue weighted by atomic mass is 16.5. The quantitative estimate of drug-likeness (QED) is 0.618. The molecule has 2 aromatic rings. The maximum atomic E-state index is 12.4. The Kier molecular flexibility index (Phi) is 6.11. The molecule has 1 aliphatic heterocycles. The van der Waals surface area contributed by atoms with E-state index in [0.717, 1.165) is 24.4 Å². The Balaban J connectivity index is 1.67. The molecule has 0 saturated carbocycles. The Bertz CT molecular complexity index is 843. The van der Waals surface area contributed by atoms with Gasteiger partial charge in [-0.05, 0) is 67.8 Å². The Morgan fingerprint density at radius 2 is 1.81 bits per heavy atom. The molecule has 0 spiro atoms. The standard InChI is InChI=1S/C22H23N3O2/c1-2-27-21-11-7-19(8-12-21)24-22(26)18(16-23)15-17-5-9-20(10-6-17)25-13-3-4-14-25/h5-12,15H,2-4,13-14H2,1H3,(H,24,26). The summed E-state index contributed by atoms with van der Waals surface area (Å²) in [6.45, 7) is 4.67. The lowest BCUT2D eigenvalue weighted by Crippen LogP contribution is -2.17. The van der Waals surface area contributed by atoms with Crippen LogP contribution in [0.25, 0.3) is 6.08 Å². The summed E-state index contributed by atoms with van der Waals surface area (Å²) in [5.74, 6) is 0.315. The highest BCUT2D eigenvalue weighted by Crippen LogP contribution is 2.21. The first-order chi connectivity index (χ1) is 13.2. The van der Waals surface area contributed by atoms with Gasteiger partial charge in [-0.15, -0.1) is 0 Å². The fourth-order valence-electron chi connectivity index (χ4n) is 3.07. The van der Waals surface area contributed by atoms with Crippen LogP contribution in [0.5, 0.6) is 5.75 Å². The Morgan fingerprint density at radius 3 is 2.41 bits per heavy atom. The first-order valence-corrected chi connectivity index (χ1v) is 9.20. The summed E-state index contributed by atoms with van der Waals surface area (Å²) in [7, 11) is 0. The zero-order chi connectivity index (χ0) is 19.1. The number of rotatable bonds is 6. The van der Waals surface area contributed by atoms with Gasteiger partial charge in [0.15, 0.2) is 0 Å². The number of carbonyl (C=O) groups excluding carboxylic acids is 1. The minimum Gasteiger partial charge on any atom is -0.494 e. The lowest BCUT2D eigenvalue weighted by atomic mass is 10.1. The van der Waals surface area contributed by atoms with Crippen LogP contribution in [0.4, 0.5) is 11.4 Å². The highest BCUT2D eigenvalue weighted by molar-refractivity contribution is 6.09. The van der Waals surface area contributed by atoms with E-state index in [0.29, 0.717) is 12.3 Å². The van der Waals surface area contributed by atoms with E-state index < -0.39 is 5.91 Å². The predicted octanol–water partition coefficient (Wildman–Crippen LogP) is 4.23. The number of ether oxygens (including phenoxy) is 1. The molecule has 5 heteroatoms. The number of nitriles is 1. The average Bonchev–Trinajstić information content (AvgIpc) is 3.23. The molecule has 0 aromatic heterocycles. The first kappa shape index (κ1) is 18.5. The van der Waals surface area contributed by atoms with Crippen molar-refractivity contribution in [3.63, 3.8) is 0 Å². The van der Waals surface area contributed by atoms with E-state index in [1.807, 2.05) is 37.3 Å². The minimum atomic E-state index is -0.426. The van der Waals surface area contributed by atoms with Crippen molar-refractivity contribution >= 4 is 23.4 Å². The summed E-state index contributed by atoms with van der Waals surface area (Å²) in [5.41, 5.74) is 2.70. The molecule has 3 rings (SSSR count). The Hall–Kier alpha value is -3.26. The maximum absolute atomic E-state index is 12.4. The summed E-state index contributed by atoms with van der Waals surface area (Å²) in [4.78, 5) is 14.7. The molecule has 1 amide bonds. The minimum absolute atomic E-state index is 0.0674. The second kappa shape index (κ2) is 8.91. The van der Waals surface area contributed by atoms with Crippen molar-refractivity contribution in [2.24, 2.45) is 0 Å². The zero-order valence-corrected chi connectivity index (χ0v) is 15.4. The normalized spacial score (nSPS) is 13.9. The van der Waals surface area contributed by atoms with E-state index in [1.54, 1.807) is 30.3 Å². The van der Waals surface area contributed by atoms with Crippen LogP contribution in [-0.4, -0.2) is 25.6 Å². The van der Waals surface area contributed by atoms with Crippen LogP contribution >= 0.6 is 0 Å². The van der Waals surface area contributed by atoms with E-state index in [4.69, 9.17) is 4.74 Å². The van der Waals surface area contributed by atoms with Crippen molar-refractivity contribution in [2.45, 2.75) is 19.8 Å². The van der Waals surface area contributed by atoms with Crippen LogP contribution in [0.1, 0.15) is 25.3 Å². The summed E-state index contributed by atoms with van der Waals surface area (Å²) >= 11 is 0. The molecular formula is C22H23N3O2. The van der Waals surface area contributed by atoms with Crippen LogP contribution in [0.15, 0.2) is 54.1 Å². The van der Waals surface area contributed by atoms with Crippen LogP contribution in [0.3, 0.4) is 0 Å². The van der Waals surface area contributed by atoms with Crippen molar-refractivity contribution in [3.05, 3.63) is 59.7 Å². The molecule has 1 saturated heterocycles. The van der Waals surface area contributed by atoms with Gasteiger partial charge in [0.1, 0.15) is 17.4 Å². The van der Waals surface area contributed by atoms with Gasteiger partial charge in [-0.1, -0.05) is 12.1 Å². The van der Waals surface area contributed by atoms with E-state index in [1.165, 1.54) is 18.5 Å². The molecule has 1 aliphatic rings. The molecule has 1 heterocycles. The van der Waals surface area contributed by atoms with E-state index in [-0.39, 0.29) is 5.57 Å². The number of hydrogen-bond acceptors (Lipinski definition) is 4. The fraction of sp³-hybridized carbons (Fsp3) is 0.273. The Labute approximate surface area is 159 Å². The Morgan fingerprint density at radius 1 is 1.15 bits per heavy atom. The topological polar surface area (TPSA) is 65.4 Å². The third-order valence-corrected chi connectivity index (χ3v) is 4.46. The second-order valence-corrected chi connectivity index (χ2v) is 6.37. The molecule has 138 valence electrons. The van der Waals surface area contributed by atoms with Crippen molar-refractivity contribution < 1.29 is 9.53 Å². The average molecular weight is 361 g/mol. The van der Waals surface area contributed by atoms with E-state index >= 15 is 0 Å². The van der Waals surface area contributed by atoms with Gasteiger partial charge in [0.2, 0.25) is 0 Å². The highest BCUT2D eigenvalue weighted by Gasteiger charge is 2.13. The monoisotopic (exact) mass is 361 g/mol. The summed E-state index contributed by atoms with van der Waals surface area (Å²) in [6, 6.07) is 17.0. The molecule has 1 N–H and O–H groups in total. The zero-order valence-electron chi connectivity index (χ0n) is 15.4. The third-order valence-electron chi connectivity index (χ3n) is 4.46. The molecular weight excluding hydrogens is 338 g/mol. The lowest BCUT2D eigenvalue weighted by molar-refractivity contribution is -0.112. The molecule has 27 heavy (non-hydrogen) atoms. The maximum Gasteiger partial charge on any atom is 0.266 e. The number of amides is 1. The summed E-state index contributed by atoms with van der Waals surface area (Å²) in [6.07, 6.45) is 4.07. The van der Waals surface area contributed by atoms with E-state index in [2.05, 4.69) is 10.2 Å². The summed E-state index contributed by atoms with van der Waals surface area (Å²) < 4.78 is 5.38.